The Morgan fingerprint density at radius 2 is 1.53 bits per heavy atom. The maximum atomic E-state index is 14.2. The van der Waals surface area contributed by atoms with Crippen molar-refractivity contribution in [2.24, 2.45) is 5.41 Å². The monoisotopic (exact) mass is 615 g/mol. The first-order chi connectivity index (χ1) is 19.7. The first-order valence-electron chi connectivity index (χ1n) is 12.3. The Bertz CT molecular complexity index is 1540. The number of amides is 1. The number of alkyl halides is 6. The number of aromatic amines is 1. The van der Waals surface area contributed by atoms with Crippen LogP contribution in [-0.2, 0) is 31.5 Å². The molecule has 1 amide bonds. The first kappa shape index (κ1) is 32.8. The van der Waals surface area contributed by atoms with Crippen molar-refractivity contribution in [3.05, 3.63) is 53.2 Å². The lowest BCUT2D eigenvalue weighted by Gasteiger charge is -2.42. The second kappa shape index (κ2) is 11.5. The number of nitrogens with zero attached hydrogens (tertiary/aromatic N) is 1. The molecule has 0 saturated heterocycles. The normalized spacial score (nSPS) is 13.1. The molecule has 1 heterocycles. The summed E-state index contributed by atoms with van der Waals surface area (Å²) in [5.74, 6) is -8.36. The van der Waals surface area contributed by atoms with Crippen molar-refractivity contribution < 1.29 is 60.5 Å². The fourth-order valence-corrected chi connectivity index (χ4v) is 4.28. The van der Waals surface area contributed by atoms with E-state index in [1.165, 1.54) is 12.1 Å². The molecule has 0 bridgehead atoms. The number of carbonyl (C=O) groups excluding carboxylic acids is 4. The van der Waals surface area contributed by atoms with E-state index in [0.29, 0.717) is 16.5 Å². The summed E-state index contributed by atoms with van der Waals surface area (Å²) in [7, 11) is 0. The molecule has 0 fully saturated rings. The number of aliphatic carboxylic acids is 2. The molecular formula is C27H23F6N3O7-2. The lowest BCUT2D eigenvalue weighted by molar-refractivity contribution is -0.332. The zero-order valence-electron chi connectivity index (χ0n) is 22.8. The summed E-state index contributed by atoms with van der Waals surface area (Å²) >= 11 is 0. The predicted octanol–water partition coefficient (Wildman–Crippen LogP) is 3.37. The Morgan fingerprint density at radius 3 is 1.98 bits per heavy atom. The Balaban J connectivity index is 2.24. The number of hydrogen-bond donors (Lipinski definition) is 2. The van der Waals surface area contributed by atoms with Crippen molar-refractivity contribution in [1.82, 2.24) is 9.99 Å². The molecule has 0 saturated carbocycles. The van der Waals surface area contributed by atoms with Crippen molar-refractivity contribution in [3.8, 4) is 11.5 Å². The second-order valence-corrected chi connectivity index (χ2v) is 10.3. The molecule has 232 valence electrons. The molecule has 0 aliphatic carbocycles. The fraction of sp³-hybridized carbons (Fsp3) is 0.333. The van der Waals surface area contributed by atoms with E-state index in [1.54, 1.807) is 11.6 Å². The van der Waals surface area contributed by atoms with Crippen LogP contribution in [0.3, 0.4) is 0 Å². The third-order valence-corrected chi connectivity index (χ3v) is 6.51. The van der Waals surface area contributed by atoms with Crippen LogP contribution in [0.25, 0.3) is 10.9 Å². The molecule has 1 unspecified atom stereocenters. The van der Waals surface area contributed by atoms with Gasteiger partial charge in [0.2, 0.25) is 6.29 Å². The fourth-order valence-electron chi connectivity index (χ4n) is 4.28. The van der Waals surface area contributed by atoms with Gasteiger partial charge in [-0.15, -0.1) is 0 Å². The van der Waals surface area contributed by atoms with Crippen molar-refractivity contribution in [2.75, 3.05) is 5.43 Å². The van der Waals surface area contributed by atoms with Crippen LogP contribution in [0, 0.1) is 5.41 Å². The highest BCUT2D eigenvalue weighted by molar-refractivity contribution is 6.24. The Morgan fingerprint density at radius 1 is 0.977 bits per heavy atom. The molecule has 10 nitrogen and oxygen atoms in total. The number of halogens is 6. The summed E-state index contributed by atoms with van der Waals surface area (Å²) in [4.78, 5) is 49.8. The van der Waals surface area contributed by atoms with Crippen LogP contribution < -0.4 is 20.4 Å². The van der Waals surface area contributed by atoms with Crippen LogP contribution in [0.15, 0.2) is 36.5 Å². The van der Waals surface area contributed by atoms with Gasteiger partial charge in [0, 0.05) is 28.5 Å². The number of fused-ring (bicyclic) bond motifs is 1. The summed E-state index contributed by atoms with van der Waals surface area (Å²) in [6.07, 6.45) is -9.92. The zero-order chi connectivity index (χ0) is 32.7. The van der Waals surface area contributed by atoms with E-state index in [1.807, 2.05) is 13.8 Å². The van der Waals surface area contributed by atoms with Gasteiger partial charge in [0.25, 0.3) is 0 Å². The van der Waals surface area contributed by atoms with Gasteiger partial charge in [0.15, 0.2) is 5.75 Å². The molecular weight excluding hydrogens is 592 g/mol. The molecule has 1 aromatic heterocycles. The number of aromatic nitrogens is 1. The molecule has 43 heavy (non-hydrogen) atoms. The van der Waals surface area contributed by atoms with Gasteiger partial charge in [-0.2, -0.15) is 26.3 Å². The topological polar surface area (TPSA) is 155 Å². The molecule has 0 spiro atoms. The van der Waals surface area contributed by atoms with Crippen molar-refractivity contribution >= 4 is 40.7 Å². The van der Waals surface area contributed by atoms with E-state index < -0.39 is 70.5 Å². The number of ether oxygens (including phenoxy) is 1. The number of hydrogen-bond acceptors (Lipinski definition) is 8. The molecule has 1 atom stereocenters. The summed E-state index contributed by atoms with van der Waals surface area (Å²) in [6, 6.07) is 1.30. The highest BCUT2D eigenvalue weighted by Gasteiger charge is 2.44. The lowest BCUT2D eigenvalue weighted by Crippen LogP contribution is -2.63. The standard InChI is InChI=1S/C27H25F6N3O7/c1-12(2)16-10-34-19-6-5-14(9-15(16)19)43-21-17(26(28,29)30)7-13(8-18(21)27(31,32)33)35-36(20(38)11-37)22(23(39)40)25(3,4)24(41)42/h5-12,22,34-35H,1-4H3,(H,39,40)(H,41,42)/p-2. The van der Waals surface area contributed by atoms with Crippen LogP contribution in [0.2, 0.25) is 0 Å². The van der Waals surface area contributed by atoms with E-state index >= 15 is 0 Å². The number of carboxylic acid groups (broad SMARTS) is 2. The highest BCUT2D eigenvalue weighted by Crippen LogP contribution is 2.48. The minimum absolute atomic E-state index is 0.0606. The first-order valence-corrected chi connectivity index (χ1v) is 12.3. The largest absolute Gasteiger partial charge is 0.549 e. The second-order valence-electron chi connectivity index (χ2n) is 10.3. The van der Waals surface area contributed by atoms with Crippen LogP contribution >= 0.6 is 0 Å². The molecule has 3 rings (SSSR count). The maximum Gasteiger partial charge on any atom is 0.420 e. The smallest absolute Gasteiger partial charge is 0.420 e. The van der Waals surface area contributed by atoms with Gasteiger partial charge in [-0.3, -0.25) is 15.0 Å². The number of rotatable bonds is 10. The maximum absolute atomic E-state index is 14.2. The van der Waals surface area contributed by atoms with Crippen molar-refractivity contribution in [2.45, 2.75) is 52.0 Å². The summed E-state index contributed by atoms with van der Waals surface area (Å²) < 4.78 is 90.5. The van der Waals surface area contributed by atoms with E-state index in [0.717, 1.165) is 19.9 Å². The Labute approximate surface area is 239 Å². The molecule has 3 aromatic rings. The zero-order valence-corrected chi connectivity index (χ0v) is 22.8. The number of H-pyrrole nitrogens is 1. The van der Waals surface area contributed by atoms with E-state index in [-0.39, 0.29) is 28.8 Å². The number of anilines is 1. The molecule has 0 aliphatic heterocycles. The number of benzene rings is 2. The van der Waals surface area contributed by atoms with Gasteiger partial charge < -0.3 is 29.5 Å². The highest BCUT2D eigenvalue weighted by atomic mass is 19.4. The number of aldehydes is 1. The Hall–Kier alpha value is -4.76. The summed E-state index contributed by atoms with van der Waals surface area (Å²) in [5.41, 5.74) is -4.76. The number of nitrogens with one attached hydrogen (secondary N) is 2. The Kier molecular flexibility index (Phi) is 8.75. The molecule has 2 aromatic carbocycles. The van der Waals surface area contributed by atoms with Gasteiger partial charge >= 0.3 is 18.3 Å². The third-order valence-electron chi connectivity index (χ3n) is 6.51. The SMILES string of the molecule is CC(C)c1c[nH]c2ccc(Oc3c(C(F)(F)F)cc(NN(C(=O)C=O)C(C(=O)[O-])C(C)(C)C(=O)[O-])cc3C(F)(F)F)cc12. The van der Waals surface area contributed by atoms with Gasteiger partial charge in [0.05, 0.1) is 11.7 Å². The third kappa shape index (κ3) is 6.67. The van der Waals surface area contributed by atoms with E-state index in [4.69, 9.17) is 4.74 Å². The molecule has 16 heteroatoms. The minimum atomic E-state index is -5.51. The molecule has 0 aliphatic rings. The summed E-state index contributed by atoms with van der Waals surface area (Å²) in [5, 5.41) is 23.6. The van der Waals surface area contributed by atoms with Crippen molar-refractivity contribution in [3.63, 3.8) is 0 Å². The van der Waals surface area contributed by atoms with E-state index in [2.05, 4.69) is 4.98 Å². The van der Waals surface area contributed by atoms with Gasteiger partial charge in [0.1, 0.15) is 22.9 Å². The summed E-state index contributed by atoms with van der Waals surface area (Å²) in [6.45, 7) is 5.09. The quantitative estimate of drug-likeness (QED) is 0.152. The van der Waals surface area contributed by atoms with Crippen molar-refractivity contribution in [1.29, 1.82) is 0 Å². The number of carbonyl (C=O) groups is 4. The van der Waals surface area contributed by atoms with Gasteiger partial charge in [-0.05, 0) is 41.8 Å². The van der Waals surface area contributed by atoms with Crippen LogP contribution in [-0.4, -0.2) is 40.2 Å². The molecule has 2 N–H and O–H groups in total. The van der Waals surface area contributed by atoms with E-state index in [9.17, 15) is 55.7 Å². The predicted molar refractivity (Wildman–Crippen MR) is 133 cm³/mol. The average Bonchev–Trinajstić information content (AvgIpc) is 3.30. The van der Waals surface area contributed by atoms with Crippen LogP contribution in [0.1, 0.15) is 50.3 Å². The lowest BCUT2D eigenvalue weighted by atomic mass is 9.84. The number of carboxylic acids is 2. The van der Waals surface area contributed by atoms with Crippen LogP contribution in [0.5, 0.6) is 11.5 Å². The number of hydrazine groups is 1. The minimum Gasteiger partial charge on any atom is -0.549 e. The average molecular weight is 615 g/mol. The molecule has 0 radical (unpaired) electrons. The van der Waals surface area contributed by atoms with Crippen LogP contribution in [0.4, 0.5) is 32.0 Å². The van der Waals surface area contributed by atoms with Gasteiger partial charge in [-0.25, -0.2) is 5.01 Å². The van der Waals surface area contributed by atoms with Gasteiger partial charge in [-0.1, -0.05) is 27.7 Å².